The van der Waals surface area contributed by atoms with Gasteiger partial charge in [0, 0.05) is 11.7 Å². The average molecular weight is 481 g/mol. The van der Waals surface area contributed by atoms with Crippen LogP contribution in [-0.2, 0) is 21.2 Å². The third kappa shape index (κ3) is 7.09. The van der Waals surface area contributed by atoms with Crippen molar-refractivity contribution in [3.8, 4) is 5.75 Å². The first-order valence-electron chi connectivity index (χ1n) is 11.3. The maximum absolute atomic E-state index is 12.8. The van der Waals surface area contributed by atoms with Gasteiger partial charge in [-0.05, 0) is 93.1 Å². The quantitative estimate of drug-likeness (QED) is 0.431. The lowest BCUT2D eigenvalue weighted by Gasteiger charge is -2.15. The van der Waals surface area contributed by atoms with E-state index in [9.17, 15) is 13.2 Å². The number of nitrogens with one attached hydrogen (secondary N) is 2. The van der Waals surface area contributed by atoms with Crippen LogP contribution in [0.5, 0.6) is 5.75 Å². The Morgan fingerprint density at radius 3 is 2.32 bits per heavy atom. The van der Waals surface area contributed by atoms with Crippen molar-refractivity contribution in [2.45, 2.75) is 51.5 Å². The van der Waals surface area contributed by atoms with Crippen LogP contribution >= 0.6 is 0 Å². The van der Waals surface area contributed by atoms with Crippen LogP contribution in [0.25, 0.3) is 0 Å². The zero-order chi connectivity index (χ0) is 24.7. The van der Waals surface area contributed by atoms with E-state index in [2.05, 4.69) is 22.2 Å². The van der Waals surface area contributed by atoms with Crippen molar-refractivity contribution in [2.75, 3.05) is 11.3 Å². The zero-order valence-corrected chi connectivity index (χ0v) is 20.9. The molecule has 0 saturated heterocycles. The van der Waals surface area contributed by atoms with Crippen molar-refractivity contribution in [3.63, 3.8) is 0 Å². The molecular weight excluding hydrogens is 448 g/mol. The first-order valence-corrected chi connectivity index (χ1v) is 12.8. The van der Waals surface area contributed by atoms with Gasteiger partial charge in [0.1, 0.15) is 5.75 Å². The molecule has 0 aliphatic rings. The van der Waals surface area contributed by atoms with Gasteiger partial charge in [-0.3, -0.25) is 9.52 Å². The lowest BCUT2D eigenvalue weighted by molar-refractivity contribution is -0.123. The Kier molecular flexibility index (Phi) is 8.34. The highest BCUT2D eigenvalue weighted by Gasteiger charge is 2.17. The number of rotatable bonds is 10. The van der Waals surface area contributed by atoms with Crippen molar-refractivity contribution in [1.82, 2.24) is 5.32 Å². The van der Waals surface area contributed by atoms with Gasteiger partial charge in [0.15, 0.2) is 6.61 Å². The minimum atomic E-state index is -3.74. The number of benzene rings is 3. The number of sulfonamides is 1. The van der Waals surface area contributed by atoms with Gasteiger partial charge in [-0.15, -0.1) is 0 Å². The van der Waals surface area contributed by atoms with Gasteiger partial charge in [0.2, 0.25) is 0 Å². The van der Waals surface area contributed by atoms with Gasteiger partial charge >= 0.3 is 0 Å². The Bertz CT molecular complexity index is 1240. The maximum atomic E-state index is 12.8. The lowest BCUT2D eigenvalue weighted by Crippen LogP contribution is -2.36. The van der Waals surface area contributed by atoms with Gasteiger partial charge in [-0.2, -0.15) is 0 Å². The number of hydrogen-bond acceptors (Lipinski definition) is 4. The highest BCUT2D eigenvalue weighted by molar-refractivity contribution is 7.92. The molecule has 3 aromatic rings. The zero-order valence-electron chi connectivity index (χ0n) is 20.1. The van der Waals surface area contributed by atoms with E-state index in [1.165, 1.54) is 11.6 Å². The highest BCUT2D eigenvalue weighted by Crippen LogP contribution is 2.24. The van der Waals surface area contributed by atoms with Gasteiger partial charge in [-0.1, -0.05) is 36.4 Å². The van der Waals surface area contributed by atoms with Crippen molar-refractivity contribution < 1.29 is 17.9 Å². The first-order chi connectivity index (χ1) is 16.1. The minimum Gasteiger partial charge on any atom is -0.484 e. The Morgan fingerprint density at radius 2 is 1.65 bits per heavy atom. The summed E-state index contributed by atoms with van der Waals surface area (Å²) in [5.41, 5.74) is 4.48. The molecule has 7 heteroatoms. The van der Waals surface area contributed by atoms with E-state index < -0.39 is 10.0 Å². The van der Waals surface area contributed by atoms with Gasteiger partial charge < -0.3 is 10.1 Å². The summed E-state index contributed by atoms with van der Waals surface area (Å²) in [7, 11) is -3.74. The molecule has 3 aromatic carbocycles. The fraction of sp³-hybridized carbons (Fsp3) is 0.296. The predicted molar refractivity (Wildman–Crippen MR) is 136 cm³/mol. The van der Waals surface area contributed by atoms with Crippen LogP contribution in [0.3, 0.4) is 0 Å². The Labute approximate surface area is 202 Å². The second kappa shape index (κ2) is 11.2. The summed E-state index contributed by atoms with van der Waals surface area (Å²) in [6.45, 7) is 7.49. The van der Waals surface area contributed by atoms with Crippen molar-refractivity contribution in [1.29, 1.82) is 0 Å². The summed E-state index contributed by atoms with van der Waals surface area (Å²) >= 11 is 0. The van der Waals surface area contributed by atoms with E-state index in [1.807, 2.05) is 45.0 Å². The molecular formula is C27H32N2O4S. The number of aryl methyl sites for hydroxylation is 4. The fourth-order valence-corrected chi connectivity index (χ4v) is 4.66. The number of carbonyl (C=O) groups excluding carboxylic acids is 1. The van der Waals surface area contributed by atoms with Crippen LogP contribution in [0.15, 0.2) is 71.6 Å². The topological polar surface area (TPSA) is 84.5 Å². The average Bonchev–Trinajstić information content (AvgIpc) is 2.80. The molecule has 0 radical (unpaired) electrons. The van der Waals surface area contributed by atoms with E-state index in [4.69, 9.17) is 4.74 Å². The fourth-order valence-electron chi connectivity index (χ4n) is 3.53. The molecule has 0 saturated carbocycles. The summed E-state index contributed by atoms with van der Waals surface area (Å²) < 4.78 is 33.9. The molecule has 180 valence electrons. The Balaban J connectivity index is 1.54. The highest BCUT2D eigenvalue weighted by atomic mass is 32.2. The molecule has 3 rings (SSSR count). The summed E-state index contributed by atoms with van der Waals surface area (Å²) in [6, 6.07) is 20.2. The van der Waals surface area contributed by atoms with E-state index in [0.717, 1.165) is 24.0 Å². The summed E-state index contributed by atoms with van der Waals surface area (Å²) in [5, 5.41) is 2.94. The van der Waals surface area contributed by atoms with E-state index in [0.29, 0.717) is 17.0 Å². The standard InChI is InChI=1S/C27H32N2O4S/c1-19-10-13-24(16-20(19)2)29-34(31,32)25-14-15-26(21(3)17-25)33-18-27(30)28-22(4)11-12-23-8-6-5-7-9-23/h5-10,13-17,22,29H,11-12,18H2,1-4H3,(H,28,30)/t22-/m1/s1. The van der Waals surface area contributed by atoms with Crippen LogP contribution in [0.2, 0.25) is 0 Å². The largest absolute Gasteiger partial charge is 0.484 e. The lowest BCUT2D eigenvalue weighted by atomic mass is 10.1. The van der Waals surface area contributed by atoms with Crippen molar-refractivity contribution in [3.05, 3.63) is 89.0 Å². The number of amides is 1. The third-order valence-corrected chi connectivity index (χ3v) is 7.07. The monoisotopic (exact) mass is 480 g/mol. The van der Waals surface area contributed by atoms with Crippen molar-refractivity contribution in [2.24, 2.45) is 0 Å². The Hall–Kier alpha value is -3.32. The molecule has 0 aromatic heterocycles. The number of ether oxygens (including phenoxy) is 1. The molecule has 0 unspecified atom stereocenters. The van der Waals surface area contributed by atoms with Gasteiger partial charge in [0.25, 0.3) is 15.9 Å². The van der Waals surface area contributed by atoms with Crippen LogP contribution in [0.4, 0.5) is 5.69 Å². The van der Waals surface area contributed by atoms with Crippen molar-refractivity contribution >= 4 is 21.6 Å². The minimum absolute atomic E-state index is 0.0152. The van der Waals surface area contributed by atoms with Gasteiger partial charge in [-0.25, -0.2) is 8.42 Å². The van der Waals surface area contributed by atoms with Crippen LogP contribution in [-0.4, -0.2) is 27.0 Å². The number of hydrogen-bond donors (Lipinski definition) is 2. The predicted octanol–water partition coefficient (Wildman–Crippen LogP) is 4.93. The molecule has 0 spiro atoms. The molecule has 0 fully saturated rings. The number of anilines is 1. The third-order valence-electron chi connectivity index (χ3n) is 5.69. The van der Waals surface area contributed by atoms with Crippen LogP contribution in [0.1, 0.15) is 35.6 Å². The molecule has 6 nitrogen and oxygen atoms in total. The molecule has 34 heavy (non-hydrogen) atoms. The number of carbonyl (C=O) groups is 1. The molecule has 2 N–H and O–H groups in total. The second-order valence-corrected chi connectivity index (χ2v) is 10.3. The molecule has 1 atom stereocenters. The van der Waals surface area contributed by atoms with E-state index in [-0.39, 0.29) is 23.5 Å². The van der Waals surface area contributed by atoms with Gasteiger partial charge in [0.05, 0.1) is 4.90 Å². The Morgan fingerprint density at radius 1 is 0.912 bits per heavy atom. The SMILES string of the molecule is Cc1ccc(NS(=O)(=O)c2ccc(OCC(=O)N[C@H](C)CCc3ccccc3)c(C)c2)cc1C. The summed E-state index contributed by atoms with van der Waals surface area (Å²) in [6.07, 6.45) is 1.71. The normalized spacial score (nSPS) is 12.1. The van der Waals surface area contributed by atoms with E-state index in [1.54, 1.807) is 31.2 Å². The molecule has 0 bridgehead atoms. The first kappa shape index (κ1) is 25.3. The van der Waals surface area contributed by atoms with Crippen LogP contribution in [0, 0.1) is 20.8 Å². The molecule has 0 aliphatic carbocycles. The maximum Gasteiger partial charge on any atom is 0.261 e. The molecule has 1 amide bonds. The second-order valence-electron chi connectivity index (χ2n) is 8.61. The molecule has 0 aliphatic heterocycles. The summed E-state index contributed by atoms with van der Waals surface area (Å²) in [4.78, 5) is 12.4. The molecule has 0 heterocycles. The smallest absolute Gasteiger partial charge is 0.261 e. The summed E-state index contributed by atoms with van der Waals surface area (Å²) in [5.74, 6) is 0.255. The van der Waals surface area contributed by atoms with Crippen LogP contribution < -0.4 is 14.8 Å². The van der Waals surface area contributed by atoms with E-state index >= 15 is 0 Å².